The molecule has 0 bridgehead atoms. The molecule has 1 aliphatic carbocycles. The molecule has 7 heteroatoms. The minimum absolute atomic E-state index is 0.216. The Labute approximate surface area is 186 Å². The molecular formula is C24H25ClN2O4. The first-order valence-electron chi connectivity index (χ1n) is 10.6. The van der Waals surface area contributed by atoms with Gasteiger partial charge in [0.05, 0.1) is 6.54 Å². The molecule has 1 spiro atoms. The molecule has 1 amide bonds. The van der Waals surface area contributed by atoms with Crippen LogP contribution in [0.15, 0.2) is 48.5 Å². The van der Waals surface area contributed by atoms with Crippen LogP contribution in [0.4, 0.5) is 10.5 Å². The van der Waals surface area contributed by atoms with Gasteiger partial charge in [0, 0.05) is 43.2 Å². The van der Waals surface area contributed by atoms with Crippen molar-refractivity contribution >= 4 is 29.5 Å². The van der Waals surface area contributed by atoms with Crippen LogP contribution < -0.4 is 4.90 Å². The van der Waals surface area contributed by atoms with Crippen molar-refractivity contribution in [1.29, 1.82) is 0 Å². The van der Waals surface area contributed by atoms with Crippen LogP contribution in [0.1, 0.15) is 42.7 Å². The lowest BCUT2D eigenvalue weighted by Crippen LogP contribution is -2.46. The molecule has 2 aromatic carbocycles. The Morgan fingerprint density at radius 1 is 1.06 bits per heavy atom. The number of piperidine rings is 1. The van der Waals surface area contributed by atoms with Gasteiger partial charge >= 0.3 is 12.2 Å². The number of anilines is 1. The molecule has 0 atom stereocenters. The van der Waals surface area contributed by atoms with E-state index in [4.69, 9.17) is 25.9 Å². The summed E-state index contributed by atoms with van der Waals surface area (Å²) in [6.45, 7) is 3.47. The van der Waals surface area contributed by atoms with Gasteiger partial charge in [0.25, 0.3) is 0 Å². The van der Waals surface area contributed by atoms with Crippen LogP contribution in [0.5, 0.6) is 0 Å². The topological polar surface area (TPSA) is 66.9 Å². The first-order chi connectivity index (χ1) is 15.0. The molecule has 3 fully saturated rings. The maximum absolute atomic E-state index is 12.4. The zero-order valence-electron chi connectivity index (χ0n) is 17.3. The summed E-state index contributed by atoms with van der Waals surface area (Å²) in [5.41, 5.74) is 3.22. The Kier molecular flexibility index (Phi) is 6.42. The summed E-state index contributed by atoms with van der Waals surface area (Å²) >= 11 is 6.37. The molecule has 5 rings (SSSR count). The van der Waals surface area contributed by atoms with Crippen molar-refractivity contribution in [3.8, 4) is 0 Å². The summed E-state index contributed by atoms with van der Waals surface area (Å²) in [5.74, 6) is 0.666. The van der Waals surface area contributed by atoms with E-state index in [1.165, 1.54) is 24.0 Å². The van der Waals surface area contributed by atoms with Gasteiger partial charge in [0.15, 0.2) is 0 Å². The van der Waals surface area contributed by atoms with E-state index in [9.17, 15) is 4.79 Å². The van der Waals surface area contributed by atoms with Gasteiger partial charge in [-0.1, -0.05) is 41.9 Å². The van der Waals surface area contributed by atoms with Crippen molar-refractivity contribution in [2.24, 2.45) is 0 Å². The van der Waals surface area contributed by atoms with Crippen molar-refractivity contribution in [3.05, 3.63) is 64.7 Å². The second kappa shape index (κ2) is 9.23. The molecule has 2 heterocycles. The molecular weight excluding hydrogens is 416 g/mol. The smallest absolute Gasteiger partial charge is 0.415 e. The summed E-state index contributed by atoms with van der Waals surface area (Å²) in [6.07, 6.45) is 4.32. The van der Waals surface area contributed by atoms with Crippen molar-refractivity contribution in [1.82, 2.24) is 4.90 Å². The predicted molar refractivity (Wildman–Crippen MR) is 116 cm³/mol. The number of hydrogen-bond donors (Lipinski definition) is 0. The van der Waals surface area contributed by atoms with E-state index in [2.05, 4.69) is 17.0 Å². The van der Waals surface area contributed by atoms with E-state index in [1.807, 2.05) is 36.4 Å². The Morgan fingerprint density at radius 2 is 1.74 bits per heavy atom. The quantitative estimate of drug-likeness (QED) is 0.693. The molecule has 2 aliphatic heterocycles. The molecule has 31 heavy (non-hydrogen) atoms. The van der Waals surface area contributed by atoms with Gasteiger partial charge in [-0.3, -0.25) is 9.80 Å². The molecule has 0 aromatic heterocycles. The standard InChI is InChI=1S/C23H25ClN2O2.CO2/c24-21-9-6-17(14-20(21)18-7-8-18)15-25-12-10-23(11-13-25)16-26(22(27)28-23)19-4-2-1-3-5-19;2-1-3/h1-6,9,14,18H,7-8,10-13,15-16H2;. The maximum atomic E-state index is 12.4. The highest BCUT2D eigenvalue weighted by Gasteiger charge is 2.47. The fraction of sp³-hybridized carbons (Fsp3) is 0.417. The number of nitrogens with zero attached hydrogens (tertiary/aromatic N) is 2. The SMILES string of the molecule is O=C1OC2(CCN(Cc3ccc(Cl)c(C4CC4)c3)CC2)CN1c1ccccc1.O=C=O. The van der Waals surface area contributed by atoms with Crippen LogP contribution in [-0.2, 0) is 20.9 Å². The third-order valence-electron chi connectivity index (χ3n) is 6.29. The number of para-hydroxylation sites is 1. The van der Waals surface area contributed by atoms with E-state index in [0.29, 0.717) is 12.5 Å². The van der Waals surface area contributed by atoms with Crippen LogP contribution >= 0.6 is 11.6 Å². The summed E-state index contributed by atoms with van der Waals surface area (Å²) in [6, 6.07) is 16.3. The number of likely N-dealkylation sites (tertiary alicyclic amines) is 1. The highest BCUT2D eigenvalue weighted by Crippen LogP contribution is 2.43. The molecule has 2 aromatic rings. The number of rotatable bonds is 4. The number of ether oxygens (including phenoxy) is 1. The van der Waals surface area contributed by atoms with Crippen molar-refractivity contribution in [3.63, 3.8) is 0 Å². The molecule has 1 saturated carbocycles. The van der Waals surface area contributed by atoms with Gasteiger partial charge in [0.1, 0.15) is 5.60 Å². The second-order valence-electron chi connectivity index (χ2n) is 8.46. The number of benzene rings is 2. The normalized spacial score (nSPS) is 20.0. The monoisotopic (exact) mass is 440 g/mol. The van der Waals surface area contributed by atoms with Crippen LogP contribution in [0, 0.1) is 0 Å². The molecule has 0 unspecified atom stereocenters. The van der Waals surface area contributed by atoms with E-state index in [-0.39, 0.29) is 17.8 Å². The maximum Gasteiger partial charge on any atom is 0.415 e. The largest absolute Gasteiger partial charge is 0.441 e. The first kappa shape index (κ1) is 21.6. The summed E-state index contributed by atoms with van der Waals surface area (Å²) in [4.78, 5) is 32.9. The van der Waals surface area contributed by atoms with Gasteiger partial charge in [0.2, 0.25) is 0 Å². The lowest BCUT2D eigenvalue weighted by atomic mass is 9.91. The minimum atomic E-state index is -0.345. The number of halogens is 1. The molecule has 3 aliphatic rings. The third-order valence-corrected chi connectivity index (χ3v) is 6.63. The van der Waals surface area contributed by atoms with Crippen molar-refractivity contribution in [2.45, 2.75) is 43.7 Å². The molecule has 162 valence electrons. The highest BCUT2D eigenvalue weighted by atomic mass is 35.5. The van der Waals surface area contributed by atoms with Crippen LogP contribution in [0.3, 0.4) is 0 Å². The summed E-state index contributed by atoms with van der Waals surface area (Å²) < 4.78 is 5.87. The Balaban J connectivity index is 0.000000730. The molecule has 2 saturated heterocycles. The van der Waals surface area contributed by atoms with Gasteiger partial charge in [-0.25, -0.2) is 4.79 Å². The van der Waals surface area contributed by atoms with Gasteiger partial charge in [-0.2, -0.15) is 9.59 Å². The fourth-order valence-corrected chi connectivity index (χ4v) is 4.74. The summed E-state index contributed by atoms with van der Waals surface area (Å²) in [7, 11) is 0. The van der Waals surface area contributed by atoms with Crippen molar-refractivity contribution in [2.75, 3.05) is 24.5 Å². The lowest BCUT2D eigenvalue weighted by molar-refractivity contribution is -0.191. The molecule has 0 N–H and O–H groups in total. The molecule has 6 nitrogen and oxygen atoms in total. The lowest BCUT2D eigenvalue weighted by Gasteiger charge is -2.37. The predicted octanol–water partition coefficient (Wildman–Crippen LogP) is 4.63. The van der Waals surface area contributed by atoms with Gasteiger partial charge in [-0.15, -0.1) is 0 Å². The third kappa shape index (κ3) is 4.99. The van der Waals surface area contributed by atoms with Crippen molar-refractivity contribution < 1.29 is 19.1 Å². The highest BCUT2D eigenvalue weighted by molar-refractivity contribution is 6.31. The van der Waals surface area contributed by atoms with Gasteiger partial charge in [-0.05, 0) is 48.1 Å². The van der Waals surface area contributed by atoms with Crippen LogP contribution in [0.2, 0.25) is 5.02 Å². The zero-order chi connectivity index (χ0) is 21.8. The van der Waals surface area contributed by atoms with E-state index in [1.54, 1.807) is 4.90 Å². The fourth-order valence-electron chi connectivity index (χ4n) is 4.47. The number of carbonyl (C=O) groups excluding carboxylic acids is 3. The van der Waals surface area contributed by atoms with Crippen LogP contribution in [0.25, 0.3) is 0 Å². The zero-order valence-corrected chi connectivity index (χ0v) is 18.0. The van der Waals surface area contributed by atoms with E-state index < -0.39 is 0 Å². The Bertz CT molecular complexity index is 963. The number of hydrogen-bond acceptors (Lipinski definition) is 5. The number of carbonyl (C=O) groups is 1. The Hall–Kier alpha value is -2.66. The molecule has 0 radical (unpaired) electrons. The average molecular weight is 441 g/mol. The van der Waals surface area contributed by atoms with Crippen LogP contribution in [-0.4, -0.2) is 42.4 Å². The average Bonchev–Trinajstić information content (AvgIpc) is 3.57. The van der Waals surface area contributed by atoms with E-state index in [0.717, 1.165) is 43.2 Å². The summed E-state index contributed by atoms with van der Waals surface area (Å²) in [5, 5.41) is 0.905. The number of amides is 1. The van der Waals surface area contributed by atoms with E-state index >= 15 is 0 Å². The first-order valence-corrected chi connectivity index (χ1v) is 11.0. The van der Waals surface area contributed by atoms with Gasteiger partial charge < -0.3 is 4.74 Å². The minimum Gasteiger partial charge on any atom is -0.441 e. The second-order valence-corrected chi connectivity index (χ2v) is 8.87. The Morgan fingerprint density at radius 3 is 2.39 bits per heavy atom.